The maximum Gasteiger partial charge on any atom is 0.315 e. The largest absolute Gasteiger partial charge is 0.744 e. The van der Waals surface area contributed by atoms with Gasteiger partial charge in [-0.05, 0) is 126 Å². The van der Waals surface area contributed by atoms with Gasteiger partial charge >= 0.3 is 11.9 Å². The van der Waals surface area contributed by atoms with Gasteiger partial charge in [0, 0.05) is 11.6 Å². The SMILES string of the molecule is O=C(Oc1cc(I)c(S(=O)(=O)[O-])c(I)c1)C1C2C=CC(CC2)C1C(=O)Oc1c(Br)cc(Br)cc1Br. The van der Waals surface area contributed by atoms with E-state index in [1.54, 1.807) is 57.3 Å². The highest BCUT2D eigenvalue weighted by molar-refractivity contribution is 14.1. The third kappa shape index (κ3) is 6.00. The lowest BCUT2D eigenvalue weighted by Crippen LogP contribution is -2.47. The van der Waals surface area contributed by atoms with E-state index in [-0.39, 0.29) is 29.6 Å². The second-order valence-electron chi connectivity index (χ2n) is 8.05. The molecule has 3 aliphatic carbocycles. The van der Waals surface area contributed by atoms with E-state index in [9.17, 15) is 22.6 Å². The van der Waals surface area contributed by atoms with Crippen LogP contribution in [0.2, 0.25) is 0 Å². The summed E-state index contributed by atoms with van der Waals surface area (Å²) in [5, 5.41) is 0. The van der Waals surface area contributed by atoms with Crippen LogP contribution >= 0.6 is 93.0 Å². The van der Waals surface area contributed by atoms with E-state index >= 15 is 0 Å². The van der Waals surface area contributed by atoms with Crippen LogP contribution in [0.3, 0.4) is 0 Å². The topological polar surface area (TPSA) is 110 Å². The van der Waals surface area contributed by atoms with Crippen LogP contribution in [0.1, 0.15) is 12.8 Å². The fourth-order valence-electron chi connectivity index (χ4n) is 4.45. The molecule has 5 rings (SSSR count). The summed E-state index contributed by atoms with van der Waals surface area (Å²) in [5.74, 6) is -2.60. The number of hydrogen-bond acceptors (Lipinski definition) is 7. The number of rotatable bonds is 5. The molecule has 1 saturated carbocycles. The molecule has 0 amide bonds. The highest BCUT2D eigenvalue weighted by Crippen LogP contribution is 2.47. The molecule has 2 bridgehead atoms. The third-order valence-corrected chi connectivity index (χ3v) is 10.9. The van der Waals surface area contributed by atoms with E-state index in [1.165, 1.54) is 12.1 Å². The summed E-state index contributed by atoms with van der Waals surface area (Å²) >= 11 is 13.6. The van der Waals surface area contributed by atoms with Crippen molar-refractivity contribution in [1.82, 2.24) is 0 Å². The Morgan fingerprint density at radius 2 is 1.31 bits per heavy atom. The van der Waals surface area contributed by atoms with Crippen LogP contribution in [0.4, 0.5) is 0 Å². The average molecular weight is 916 g/mol. The van der Waals surface area contributed by atoms with Crippen molar-refractivity contribution >= 4 is 115 Å². The number of hydrogen-bond donors (Lipinski definition) is 0. The first-order chi connectivity index (χ1) is 16.4. The van der Waals surface area contributed by atoms with Gasteiger partial charge in [-0.2, -0.15) is 0 Å². The maximum absolute atomic E-state index is 13.4. The van der Waals surface area contributed by atoms with Gasteiger partial charge in [-0.1, -0.05) is 28.1 Å². The lowest BCUT2D eigenvalue weighted by molar-refractivity contribution is -0.156. The Hall–Kier alpha value is -0.0700. The minimum Gasteiger partial charge on any atom is -0.744 e. The Morgan fingerprint density at radius 1 is 0.857 bits per heavy atom. The molecule has 4 unspecified atom stereocenters. The quantitative estimate of drug-likeness (QED) is 0.112. The smallest absolute Gasteiger partial charge is 0.315 e. The Morgan fingerprint density at radius 3 is 1.74 bits per heavy atom. The molecule has 1 fully saturated rings. The fourth-order valence-corrected chi connectivity index (χ4v) is 10.8. The molecule has 0 radical (unpaired) electrons. The molecule has 0 N–H and O–H groups in total. The fraction of sp³-hybridized carbons (Fsp3) is 0.273. The Balaban J connectivity index is 1.61. The van der Waals surface area contributed by atoms with Gasteiger partial charge < -0.3 is 14.0 Å². The number of ether oxygens (including phenoxy) is 2. The summed E-state index contributed by atoms with van der Waals surface area (Å²) in [7, 11) is -4.68. The molecular weight excluding hydrogens is 902 g/mol. The van der Waals surface area contributed by atoms with Crippen LogP contribution < -0.4 is 9.47 Å². The van der Waals surface area contributed by atoms with Gasteiger partial charge in [0.25, 0.3) is 0 Å². The summed E-state index contributed by atoms with van der Waals surface area (Å²) in [4.78, 5) is 26.3. The van der Waals surface area contributed by atoms with Crippen molar-refractivity contribution in [2.75, 3.05) is 0 Å². The first-order valence-corrected chi connectivity index (χ1v) is 16.0. The molecule has 0 spiro atoms. The van der Waals surface area contributed by atoms with Crippen molar-refractivity contribution < 1.29 is 32.0 Å². The van der Waals surface area contributed by atoms with Crippen LogP contribution in [-0.4, -0.2) is 24.9 Å². The molecule has 4 atom stereocenters. The van der Waals surface area contributed by atoms with Crippen LogP contribution in [0, 0.1) is 30.8 Å². The Bertz CT molecular complexity index is 1320. The predicted octanol–water partition coefficient (Wildman–Crippen LogP) is 6.43. The number of carbonyl (C=O) groups excluding carboxylic acids is 2. The number of benzene rings is 2. The van der Waals surface area contributed by atoms with Gasteiger partial charge in [-0.25, -0.2) is 8.42 Å². The van der Waals surface area contributed by atoms with Gasteiger partial charge in [-0.3, -0.25) is 9.59 Å². The standard InChI is InChI=1S/C22H15Br3I2O7S/c23-11-5-13(24)19(14(25)6-11)34-22(29)18-10-3-1-9(2-4-10)17(18)21(28)33-12-7-15(26)20(16(27)8-12)35(30,31)32/h1,3,5-10,17-18H,2,4H2,(H,30,31,32)/p-1. The highest BCUT2D eigenvalue weighted by Gasteiger charge is 2.50. The van der Waals surface area contributed by atoms with Crippen LogP contribution in [0.25, 0.3) is 0 Å². The predicted molar refractivity (Wildman–Crippen MR) is 153 cm³/mol. The van der Waals surface area contributed by atoms with Gasteiger partial charge in [0.15, 0.2) is 5.75 Å². The first kappa shape index (κ1) is 28.0. The molecule has 0 aromatic heterocycles. The van der Waals surface area contributed by atoms with E-state index in [4.69, 9.17) is 9.47 Å². The molecule has 186 valence electrons. The summed E-state index contributed by atoms with van der Waals surface area (Å²) in [6.45, 7) is 0. The average Bonchev–Trinajstić information content (AvgIpc) is 2.74. The lowest BCUT2D eigenvalue weighted by atomic mass is 9.62. The zero-order valence-corrected chi connectivity index (χ0v) is 27.2. The number of esters is 2. The summed E-state index contributed by atoms with van der Waals surface area (Å²) in [6, 6.07) is 6.15. The van der Waals surface area contributed by atoms with Crippen molar-refractivity contribution in [3.05, 3.63) is 57.0 Å². The highest BCUT2D eigenvalue weighted by atomic mass is 127. The summed E-state index contributed by atoms with van der Waals surface area (Å²) in [6.07, 6.45) is 5.38. The first-order valence-electron chi connectivity index (χ1n) is 10.1. The molecule has 2 aromatic carbocycles. The molecule has 7 nitrogen and oxygen atoms in total. The summed E-state index contributed by atoms with van der Waals surface area (Å²) < 4.78 is 48.2. The molecule has 3 aliphatic rings. The second kappa shape index (κ2) is 11.0. The summed E-state index contributed by atoms with van der Waals surface area (Å²) in [5.41, 5.74) is 0. The van der Waals surface area contributed by atoms with E-state index in [0.29, 0.717) is 14.7 Å². The molecule has 13 heteroatoms. The molecule has 2 aromatic rings. The number of fused-ring (bicyclic) bond motifs is 2. The van der Waals surface area contributed by atoms with Gasteiger partial charge in [0.2, 0.25) is 0 Å². The number of allylic oxidation sites excluding steroid dienone is 2. The van der Waals surface area contributed by atoms with Crippen LogP contribution in [-0.2, 0) is 19.7 Å². The van der Waals surface area contributed by atoms with Crippen molar-refractivity contribution in [3.63, 3.8) is 0 Å². The maximum atomic E-state index is 13.4. The molecule has 0 saturated heterocycles. The molecule has 0 aliphatic heterocycles. The monoisotopic (exact) mass is 913 g/mol. The van der Waals surface area contributed by atoms with Crippen molar-refractivity contribution in [1.29, 1.82) is 0 Å². The van der Waals surface area contributed by atoms with Gasteiger partial charge in [-0.15, -0.1) is 0 Å². The van der Waals surface area contributed by atoms with Crippen molar-refractivity contribution in [2.45, 2.75) is 17.7 Å². The lowest BCUT2D eigenvalue weighted by Gasteiger charge is -2.42. The van der Waals surface area contributed by atoms with Crippen molar-refractivity contribution in [2.24, 2.45) is 23.7 Å². The second-order valence-corrected chi connectivity index (χ2v) is 14.3. The Kier molecular flexibility index (Phi) is 8.76. The Labute approximate surface area is 254 Å². The normalized spacial score (nSPS) is 23.3. The minimum absolute atomic E-state index is 0.104. The number of carbonyl (C=O) groups is 2. The zero-order chi connectivity index (χ0) is 25.7. The number of halogens is 5. The van der Waals surface area contributed by atoms with E-state index in [1.807, 2.05) is 12.2 Å². The molecular formula is C22H14Br3I2O7S-. The van der Waals surface area contributed by atoms with E-state index in [0.717, 1.165) is 17.3 Å². The third-order valence-electron chi connectivity index (χ3n) is 5.90. The molecule has 0 heterocycles. The zero-order valence-electron chi connectivity index (χ0n) is 17.3. The van der Waals surface area contributed by atoms with E-state index < -0.39 is 33.9 Å². The molecule has 35 heavy (non-hydrogen) atoms. The van der Waals surface area contributed by atoms with E-state index in [2.05, 4.69) is 47.8 Å². The van der Waals surface area contributed by atoms with Crippen LogP contribution in [0.5, 0.6) is 11.5 Å². The van der Waals surface area contributed by atoms with Gasteiger partial charge in [0.05, 0.1) is 25.7 Å². The minimum atomic E-state index is -4.68. The van der Waals surface area contributed by atoms with Crippen molar-refractivity contribution in [3.8, 4) is 11.5 Å². The van der Waals surface area contributed by atoms with Crippen LogP contribution in [0.15, 0.2) is 54.7 Å². The van der Waals surface area contributed by atoms with Gasteiger partial charge in [0.1, 0.15) is 15.9 Å².